The smallest absolute Gasteiger partial charge is 0.0223 e. The van der Waals surface area contributed by atoms with Gasteiger partial charge in [0, 0.05) is 18.6 Å². The molecule has 2 unspecified atom stereocenters. The molecule has 0 aromatic heterocycles. The maximum atomic E-state index is 5.87. The highest BCUT2D eigenvalue weighted by molar-refractivity contribution is 4.81. The Kier molecular flexibility index (Phi) is 4.90. The lowest BCUT2D eigenvalue weighted by molar-refractivity contribution is 0.0961. The van der Waals surface area contributed by atoms with Gasteiger partial charge in [-0.1, -0.05) is 20.3 Å². The molecular formula is C12H26N2. The summed E-state index contributed by atoms with van der Waals surface area (Å²) in [4.78, 5) is 2.63. The second-order valence-electron chi connectivity index (χ2n) is 5.10. The van der Waals surface area contributed by atoms with Gasteiger partial charge < -0.3 is 5.73 Å². The summed E-state index contributed by atoms with van der Waals surface area (Å²) in [6.45, 7) is 9.01. The first-order chi connectivity index (χ1) is 6.65. The summed E-state index contributed by atoms with van der Waals surface area (Å²) >= 11 is 0. The van der Waals surface area contributed by atoms with Gasteiger partial charge in [-0.2, -0.15) is 0 Å². The normalized spacial score (nSPS) is 26.8. The predicted molar refractivity (Wildman–Crippen MR) is 62.3 cm³/mol. The van der Waals surface area contributed by atoms with Crippen LogP contribution in [0.1, 0.15) is 46.5 Å². The number of hydrogen-bond acceptors (Lipinski definition) is 2. The SMILES string of the molecule is CC(C)CC(CN)N1CCCCC1C. The maximum Gasteiger partial charge on any atom is 0.0223 e. The first-order valence-electron chi connectivity index (χ1n) is 6.11. The maximum absolute atomic E-state index is 5.87. The standard InChI is InChI=1S/C12H26N2/c1-10(2)8-12(9-13)14-7-5-4-6-11(14)3/h10-12H,4-9,13H2,1-3H3. The van der Waals surface area contributed by atoms with Crippen molar-refractivity contribution < 1.29 is 0 Å². The third-order valence-corrected chi connectivity index (χ3v) is 3.34. The van der Waals surface area contributed by atoms with Crippen molar-refractivity contribution in [3.63, 3.8) is 0 Å². The average molecular weight is 198 g/mol. The van der Waals surface area contributed by atoms with Crippen LogP contribution >= 0.6 is 0 Å². The first-order valence-corrected chi connectivity index (χ1v) is 6.11. The highest BCUT2D eigenvalue weighted by atomic mass is 15.2. The zero-order valence-electron chi connectivity index (χ0n) is 10.00. The van der Waals surface area contributed by atoms with Gasteiger partial charge in [0.15, 0.2) is 0 Å². The molecule has 1 rings (SSSR count). The summed E-state index contributed by atoms with van der Waals surface area (Å²) in [6.07, 6.45) is 5.37. The molecule has 0 aromatic carbocycles. The molecule has 1 aliphatic heterocycles. The minimum absolute atomic E-state index is 0.616. The molecule has 1 fully saturated rings. The van der Waals surface area contributed by atoms with E-state index in [9.17, 15) is 0 Å². The van der Waals surface area contributed by atoms with Crippen molar-refractivity contribution in [3.05, 3.63) is 0 Å². The zero-order valence-corrected chi connectivity index (χ0v) is 10.00. The lowest BCUT2D eigenvalue weighted by Crippen LogP contribution is -2.48. The third kappa shape index (κ3) is 3.25. The minimum atomic E-state index is 0.616. The van der Waals surface area contributed by atoms with Gasteiger partial charge in [-0.15, -0.1) is 0 Å². The van der Waals surface area contributed by atoms with Gasteiger partial charge in [0.1, 0.15) is 0 Å². The van der Waals surface area contributed by atoms with E-state index in [-0.39, 0.29) is 0 Å². The Bertz CT molecular complexity index is 156. The molecule has 0 bridgehead atoms. The van der Waals surface area contributed by atoms with Crippen molar-refractivity contribution in [3.8, 4) is 0 Å². The molecule has 0 saturated carbocycles. The van der Waals surface area contributed by atoms with Gasteiger partial charge in [-0.05, 0) is 38.6 Å². The monoisotopic (exact) mass is 198 g/mol. The Labute approximate surface area is 88.8 Å². The Morgan fingerprint density at radius 3 is 2.57 bits per heavy atom. The van der Waals surface area contributed by atoms with Crippen LogP contribution in [-0.2, 0) is 0 Å². The molecular weight excluding hydrogens is 172 g/mol. The number of hydrogen-bond donors (Lipinski definition) is 1. The van der Waals surface area contributed by atoms with Crippen LogP contribution in [0.4, 0.5) is 0 Å². The van der Waals surface area contributed by atoms with Gasteiger partial charge in [0.2, 0.25) is 0 Å². The third-order valence-electron chi connectivity index (χ3n) is 3.34. The van der Waals surface area contributed by atoms with E-state index in [1.54, 1.807) is 0 Å². The van der Waals surface area contributed by atoms with Gasteiger partial charge in [-0.3, -0.25) is 4.90 Å². The molecule has 0 aromatic rings. The van der Waals surface area contributed by atoms with E-state index in [1.807, 2.05) is 0 Å². The quantitative estimate of drug-likeness (QED) is 0.750. The topological polar surface area (TPSA) is 29.3 Å². The summed E-state index contributed by atoms with van der Waals surface area (Å²) in [6, 6.07) is 1.36. The van der Waals surface area contributed by atoms with Crippen LogP contribution < -0.4 is 5.73 Å². The molecule has 1 heterocycles. The molecule has 0 spiro atoms. The lowest BCUT2D eigenvalue weighted by atomic mass is 9.96. The van der Waals surface area contributed by atoms with E-state index < -0.39 is 0 Å². The fourth-order valence-electron chi connectivity index (χ4n) is 2.57. The van der Waals surface area contributed by atoms with Crippen LogP contribution in [0.3, 0.4) is 0 Å². The number of nitrogens with zero attached hydrogens (tertiary/aromatic N) is 1. The van der Waals surface area contributed by atoms with Crippen LogP contribution in [0.5, 0.6) is 0 Å². The molecule has 84 valence electrons. The van der Waals surface area contributed by atoms with Crippen molar-refractivity contribution >= 4 is 0 Å². The van der Waals surface area contributed by atoms with Gasteiger partial charge in [0.05, 0.1) is 0 Å². The van der Waals surface area contributed by atoms with E-state index in [0.29, 0.717) is 6.04 Å². The summed E-state index contributed by atoms with van der Waals surface area (Å²) in [5.74, 6) is 0.762. The first kappa shape index (κ1) is 12.0. The molecule has 2 atom stereocenters. The Hall–Kier alpha value is -0.0800. The summed E-state index contributed by atoms with van der Waals surface area (Å²) in [7, 11) is 0. The lowest BCUT2D eigenvalue weighted by Gasteiger charge is -2.40. The number of piperidine rings is 1. The van der Waals surface area contributed by atoms with Crippen LogP contribution in [0.2, 0.25) is 0 Å². The summed E-state index contributed by atoms with van der Waals surface area (Å²) < 4.78 is 0. The van der Waals surface area contributed by atoms with Crippen molar-refractivity contribution in [2.45, 2.75) is 58.5 Å². The van der Waals surface area contributed by atoms with Gasteiger partial charge >= 0.3 is 0 Å². The minimum Gasteiger partial charge on any atom is -0.329 e. The highest BCUT2D eigenvalue weighted by Crippen LogP contribution is 2.21. The molecule has 0 amide bonds. The van der Waals surface area contributed by atoms with E-state index >= 15 is 0 Å². The van der Waals surface area contributed by atoms with Crippen LogP contribution in [-0.4, -0.2) is 30.1 Å². The number of likely N-dealkylation sites (tertiary alicyclic amines) is 1. The van der Waals surface area contributed by atoms with Crippen LogP contribution in [0.25, 0.3) is 0 Å². The largest absolute Gasteiger partial charge is 0.329 e. The van der Waals surface area contributed by atoms with Gasteiger partial charge in [0.25, 0.3) is 0 Å². The van der Waals surface area contributed by atoms with Crippen molar-refractivity contribution in [2.75, 3.05) is 13.1 Å². The van der Waals surface area contributed by atoms with E-state index in [0.717, 1.165) is 18.5 Å². The second-order valence-corrected chi connectivity index (χ2v) is 5.10. The summed E-state index contributed by atoms with van der Waals surface area (Å²) in [5.41, 5.74) is 5.87. The molecule has 2 N–H and O–H groups in total. The Balaban J connectivity index is 2.48. The fraction of sp³-hybridized carbons (Fsp3) is 1.00. The van der Waals surface area contributed by atoms with Crippen LogP contribution in [0, 0.1) is 5.92 Å². The molecule has 2 heteroatoms. The highest BCUT2D eigenvalue weighted by Gasteiger charge is 2.25. The van der Waals surface area contributed by atoms with E-state index in [2.05, 4.69) is 25.7 Å². The second kappa shape index (κ2) is 5.72. The number of rotatable bonds is 4. The average Bonchev–Trinajstić information content (AvgIpc) is 2.15. The molecule has 1 aliphatic rings. The predicted octanol–water partition coefficient (Wildman–Crippen LogP) is 2.23. The molecule has 2 nitrogen and oxygen atoms in total. The Morgan fingerprint density at radius 2 is 2.07 bits per heavy atom. The molecule has 0 radical (unpaired) electrons. The van der Waals surface area contributed by atoms with Crippen LogP contribution in [0.15, 0.2) is 0 Å². The van der Waals surface area contributed by atoms with Crippen molar-refractivity contribution in [2.24, 2.45) is 11.7 Å². The zero-order chi connectivity index (χ0) is 10.6. The number of nitrogens with two attached hydrogens (primary N) is 1. The summed E-state index contributed by atoms with van der Waals surface area (Å²) in [5, 5.41) is 0. The molecule has 1 saturated heterocycles. The molecule has 14 heavy (non-hydrogen) atoms. The van der Waals surface area contributed by atoms with E-state index in [1.165, 1.54) is 32.2 Å². The van der Waals surface area contributed by atoms with Crippen molar-refractivity contribution in [1.82, 2.24) is 4.90 Å². The van der Waals surface area contributed by atoms with Gasteiger partial charge in [-0.25, -0.2) is 0 Å². The molecule has 0 aliphatic carbocycles. The fourth-order valence-corrected chi connectivity index (χ4v) is 2.57. The Morgan fingerprint density at radius 1 is 1.36 bits per heavy atom. The van der Waals surface area contributed by atoms with Crippen molar-refractivity contribution in [1.29, 1.82) is 0 Å². The van der Waals surface area contributed by atoms with E-state index in [4.69, 9.17) is 5.73 Å².